The summed E-state index contributed by atoms with van der Waals surface area (Å²) < 4.78 is 0. The molecule has 4 heteroatoms. The van der Waals surface area contributed by atoms with Gasteiger partial charge in [-0.05, 0) is 42.4 Å². The Bertz CT molecular complexity index is 679. The number of carbonyl (C=O) groups is 1. The van der Waals surface area contributed by atoms with Crippen molar-refractivity contribution in [3.8, 4) is 0 Å². The average Bonchev–Trinajstić information content (AvgIpc) is 2.67. The van der Waals surface area contributed by atoms with Crippen molar-refractivity contribution in [1.29, 1.82) is 0 Å². The van der Waals surface area contributed by atoms with Gasteiger partial charge in [0.25, 0.3) is 5.91 Å². The quantitative estimate of drug-likeness (QED) is 0.939. The van der Waals surface area contributed by atoms with E-state index in [1.165, 1.54) is 0 Å². The molecule has 24 heavy (non-hydrogen) atoms. The van der Waals surface area contributed by atoms with Gasteiger partial charge in [0.15, 0.2) is 0 Å². The molecule has 0 aliphatic carbocycles. The van der Waals surface area contributed by atoms with Crippen LogP contribution in [0.5, 0.6) is 0 Å². The van der Waals surface area contributed by atoms with E-state index < -0.39 is 6.10 Å². The molecule has 126 valence electrons. The van der Waals surface area contributed by atoms with Crippen LogP contribution in [0.2, 0.25) is 0 Å². The van der Waals surface area contributed by atoms with Crippen molar-refractivity contribution in [3.05, 3.63) is 65.5 Å². The lowest BCUT2D eigenvalue weighted by Gasteiger charge is -2.34. The van der Waals surface area contributed by atoms with E-state index in [2.05, 4.69) is 4.98 Å². The number of aryl methyl sites for hydroxylation is 1. The smallest absolute Gasteiger partial charge is 0.254 e. The molecule has 1 N–H and O–H groups in total. The molecule has 1 aliphatic rings. The number of hydrogen-bond acceptors (Lipinski definition) is 3. The summed E-state index contributed by atoms with van der Waals surface area (Å²) in [7, 11) is 0. The van der Waals surface area contributed by atoms with Crippen molar-refractivity contribution in [2.24, 2.45) is 5.92 Å². The van der Waals surface area contributed by atoms with Crippen LogP contribution in [0, 0.1) is 5.92 Å². The van der Waals surface area contributed by atoms with E-state index in [0.29, 0.717) is 13.1 Å². The Labute approximate surface area is 143 Å². The molecule has 0 spiro atoms. The van der Waals surface area contributed by atoms with Crippen LogP contribution in [0.3, 0.4) is 0 Å². The summed E-state index contributed by atoms with van der Waals surface area (Å²) in [6.45, 7) is 3.42. The topological polar surface area (TPSA) is 53.4 Å². The van der Waals surface area contributed by atoms with Crippen molar-refractivity contribution in [1.82, 2.24) is 9.88 Å². The molecule has 0 radical (unpaired) electrons. The SMILES string of the molecule is CCc1cnccc1C(=O)N1CCC(C(O)c2ccccc2)CC1. The van der Waals surface area contributed by atoms with Crippen molar-refractivity contribution in [3.63, 3.8) is 0 Å². The zero-order valence-corrected chi connectivity index (χ0v) is 14.1. The second-order valence-corrected chi connectivity index (χ2v) is 6.37. The molecule has 1 aliphatic heterocycles. The maximum absolute atomic E-state index is 12.8. The molecule has 2 heterocycles. The zero-order valence-electron chi connectivity index (χ0n) is 14.1. The first-order valence-corrected chi connectivity index (χ1v) is 8.66. The lowest BCUT2D eigenvalue weighted by molar-refractivity contribution is 0.0461. The lowest BCUT2D eigenvalue weighted by Crippen LogP contribution is -2.40. The number of nitrogens with zero attached hydrogens (tertiary/aromatic N) is 2. The maximum atomic E-state index is 12.8. The first-order chi connectivity index (χ1) is 11.7. The van der Waals surface area contributed by atoms with Gasteiger partial charge in [0.1, 0.15) is 0 Å². The van der Waals surface area contributed by atoms with Crippen molar-refractivity contribution >= 4 is 5.91 Å². The molecule has 3 rings (SSSR count). The minimum absolute atomic E-state index is 0.0851. The summed E-state index contributed by atoms with van der Waals surface area (Å²) in [6, 6.07) is 11.6. The Kier molecular flexibility index (Phi) is 5.26. The van der Waals surface area contributed by atoms with Crippen LogP contribution >= 0.6 is 0 Å². The van der Waals surface area contributed by atoms with Crippen LogP contribution in [0.1, 0.15) is 47.4 Å². The number of likely N-dealkylation sites (tertiary alicyclic amines) is 1. The van der Waals surface area contributed by atoms with E-state index in [4.69, 9.17) is 0 Å². The van der Waals surface area contributed by atoms with Gasteiger partial charge in [0, 0.05) is 31.0 Å². The normalized spacial score (nSPS) is 16.8. The van der Waals surface area contributed by atoms with Crippen LogP contribution in [-0.4, -0.2) is 34.0 Å². The Morgan fingerprint density at radius 3 is 2.62 bits per heavy atom. The van der Waals surface area contributed by atoms with Crippen LogP contribution in [0.15, 0.2) is 48.8 Å². The van der Waals surface area contributed by atoms with Gasteiger partial charge in [0.05, 0.1) is 6.10 Å². The van der Waals surface area contributed by atoms with Gasteiger partial charge >= 0.3 is 0 Å². The third-order valence-corrected chi connectivity index (χ3v) is 4.93. The molecular weight excluding hydrogens is 300 g/mol. The van der Waals surface area contributed by atoms with Gasteiger partial charge in [-0.1, -0.05) is 37.3 Å². The van der Waals surface area contributed by atoms with E-state index in [9.17, 15) is 9.90 Å². The fourth-order valence-corrected chi connectivity index (χ4v) is 3.43. The standard InChI is InChI=1S/C20H24N2O2/c1-2-15-14-21-11-8-18(15)20(24)22-12-9-17(10-13-22)19(23)16-6-4-3-5-7-16/h3-8,11,14,17,19,23H,2,9-10,12-13H2,1H3. The fraction of sp³-hybridized carbons (Fsp3) is 0.400. The molecule has 1 unspecified atom stereocenters. The van der Waals surface area contributed by atoms with E-state index in [-0.39, 0.29) is 11.8 Å². The molecule has 1 amide bonds. The number of aliphatic hydroxyl groups is 1. The Balaban J connectivity index is 1.64. The summed E-state index contributed by atoms with van der Waals surface area (Å²) in [5.74, 6) is 0.293. The first kappa shape index (κ1) is 16.7. The fourth-order valence-electron chi connectivity index (χ4n) is 3.43. The summed E-state index contributed by atoms with van der Waals surface area (Å²) >= 11 is 0. The predicted molar refractivity (Wildman–Crippen MR) is 93.6 cm³/mol. The van der Waals surface area contributed by atoms with Gasteiger partial charge in [-0.2, -0.15) is 0 Å². The minimum Gasteiger partial charge on any atom is -0.388 e. The molecule has 0 bridgehead atoms. The Hall–Kier alpha value is -2.20. The number of piperidine rings is 1. The highest BCUT2D eigenvalue weighted by Crippen LogP contribution is 2.31. The Morgan fingerprint density at radius 1 is 1.25 bits per heavy atom. The summed E-state index contributed by atoms with van der Waals surface area (Å²) in [4.78, 5) is 18.8. The van der Waals surface area contributed by atoms with Crippen LogP contribution in [-0.2, 0) is 6.42 Å². The lowest BCUT2D eigenvalue weighted by atomic mass is 9.87. The molecule has 1 aromatic carbocycles. The summed E-state index contributed by atoms with van der Waals surface area (Å²) in [5.41, 5.74) is 2.72. The average molecular weight is 324 g/mol. The second kappa shape index (κ2) is 7.58. The molecule has 1 fully saturated rings. The number of carbonyl (C=O) groups excluding carboxylic acids is 1. The molecule has 0 saturated carbocycles. The molecule has 2 aromatic rings. The number of aliphatic hydroxyl groups excluding tert-OH is 1. The summed E-state index contributed by atoms with van der Waals surface area (Å²) in [5, 5.41) is 10.6. The van der Waals surface area contributed by atoms with Gasteiger partial charge in [-0.3, -0.25) is 9.78 Å². The van der Waals surface area contributed by atoms with Crippen LogP contribution in [0.25, 0.3) is 0 Å². The van der Waals surface area contributed by atoms with Crippen LogP contribution < -0.4 is 0 Å². The third kappa shape index (κ3) is 3.49. The minimum atomic E-state index is -0.449. The zero-order chi connectivity index (χ0) is 16.9. The number of benzene rings is 1. The Morgan fingerprint density at radius 2 is 1.96 bits per heavy atom. The molecule has 4 nitrogen and oxygen atoms in total. The molecule has 1 atom stereocenters. The van der Waals surface area contributed by atoms with E-state index >= 15 is 0 Å². The molecule has 1 saturated heterocycles. The number of aromatic nitrogens is 1. The van der Waals surface area contributed by atoms with Gasteiger partial charge < -0.3 is 10.0 Å². The summed E-state index contributed by atoms with van der Waals surface area (Å²) in [6.07, 6.45) is 5.47. The molecule has 1 aromatic heterocycles. The highest BCUT2D eigenvalue weighted by atomic mass is 16.3. The van der Waals surface area contributed by atoms with Gasteiger partial charge in [-0.15, -0.1) is 0 Å². The van der Waals surface area contributed by atoms with Gasteiger partial charge in [0.2, 0.25) is 0 Å². The highest BCUT2D eigenvalue weighted by molar-refractivity contribution is 5.95. The van der Waals surface area contributed by atoms with Gasteiger partial charge in [-0.25, -0.2) is 0 Å². The van der Waals surface area contributed by atoms with E-state index in [1.807, 2.05) is 48.2 Å². The highest BCUT2D eigenvalue weighted by Gasteiger charge is 2.29. The number of hydrogen-bond donors (Lipinski definition) is 1. The molecular formula is C20H24N2O2. The monoisotopic (exact) mass is 324 g/mol. The second-order valence-electron chi connectivity index (χ2n) is 6.37. The van der Waals surface area contributed by atoms with Crippen molar-refractivity contribution in [2.75, 3.05) is 13.1 Å². The predicted octanol–water partition coefficient (Wildman–Crippen LogP) is 3.23. The van der Waals surface area contributed by atoms with Crippen LogP contribution in [0.4, 0.5) is 0 Å². The first-order valence-electron chi connectivity index (χ1n) is 8.66. The van der Waals surface area contributed by atoms with Crippen molar-refractivity contribution < 1.29 is 9.90 Å². The largest absolute Gasteiger partial charge is 0.388 e. The van der Waals surface area contributed by atoms with Crippen molar-refractivity contribution in [2.45, 2.75) is 32.3 Å². The van der Waals surface area contributed by atoms with E-state index in [0.717, 1.165) is 36.0 Å². The third-order valence-electron chi connectivity index (χ3n) is 4.93. The number of pyridine rings is 1. The maximum Gasteiger partial charge on any atom is 0.254 e. The van der Waals surface area contributed by atoms with E-state index in [1.54, 1.807) is 12.4 Å². The number of rotatable bonds is 4. The number of amides is 1.